The van der Waals surface area contributed by atoms with Gasteiger partial charge in [0.2, 0.25) is 11.8 Å². The second-order valence-corrected chi connectivity index (χ2v) is 14.2. The lowest BCUT2D eigenvalue weighted by atomic mass is 10.0. The fourth-order valence-electron chi connectivity index (χ4n) is 4.74. The normalized spacial score (nSPS) is 12.7. The van der Waals surface area contributed by atoms with E-state index in [0.717, 1.165) is 9.87 Å². The Hall–Kier alpha value is -3.27. The molecule has 0 unspecified atom stereocenters. The zero-order valence-corrected chi connectivity index (χ0v) is 29.0. The zero-order valence-electron chi connectivity index (χ0n) is 25.2. The van der Waals surface area contributed by atoms with Crippen LogP contribution in [0.5, 0.6) is 0 Å². The van der Waals surface area contributed by atoms with Crippen LogP contribution < -0.4 is 9.62 Å². The molecule has 7 nitrogen and oxygen atoms in total. The Balaban J connectivity index is 1.85. The molecule has 2 amide bonds. The topological polar surface area (TPSA) is 86.8 Å². The van der Waals surface area contributed by atoms with E-state index in [2.05, 4.69) is 5.32 Å². The van der Waals surface area contributed by atoms with Crippen molar-refractivity contribution in [2.45, 2.75) is 50.2 Å². The van der Waals surface area contributed by atoms with Crippen molar-refractivity contribution >= 4 is 73.9 Å². The number of anilines is 1. The van der Waals surface area contributed by atoms with Gasteiger partial charge in [-0.2, -0.15) is 0 Å². The van der Waals surface area contributed by atoms with Gasteiger partial charge in [0.05, 0.1) is 20.6 Å². The van der Waals surface area contributed by atoms with Crippen LogP contribution in [0.25, 0.3) is 0 Å². The van der Waals surface area contributed by atoms with Gasteiger partial charge in [-0.3, -0.25) is 13.9 Å². The summed E-state index contributed by atoms with van der Waals surface area (Å²) >= 11 is 25.6. The molecule has 0 aliphatic heterocycles. The molecule has 0 fully saturated rings. The van der Waals surface area contributed by atoms with Gasteiger partial charge in [0.15, 0.2) is 0 Å². The quantitative estimate of drug-likeness (QED) is 0.152. The summed E-state index contributed by atoms with van der Waals surface area (Å²) in [6, 6.07) is 25.0. The van der Waals surface area contributed by atoms with Crippen molar-refractivity contribution in [1.82, 2.24) is 10.2 Å². The molecule has 4 aromatic carbocycles. The van der Waals surface area contributed by atoms with Crippen molar-refractivity contribution in [1.29, 1.82) is 0 Å². The van der Waals surface area contributed by atoms with E-state index in [-0.39, 0.29) is 39.6 Å². The Morgan fingerprint density at radius 1 is 0.783 bits per heavy atom. The highest BCUT2D eigenvalue weighted by Crippen LogP contribution is 2.32. The van der Waals surface area contributed by atoms with Crippen LogP contribution in [0.15, 0.2) is 102 Å². The van der Waals surface area contributed by atoms with Gasteiger partial charge in [-0.1, -0.05) is 108 Å². The monoisotopic (exact) mass is 719 g/mol. The van der Waals surface area contributed by atoms with Crippen molar-refractivity contribution in [2.24, 2.45) is 0 Å². The maximum Gasteiger partial charge on any atom is 0.264 e. The highest BCUT2D eigenvalue weighted by atomic mass is 35.5. The maximum atomic E-state index is 14.6. The Morgan fingerprint density at radius 3 is 1.98 bits per heavy atom. The molecule has 2 atom stereocenters. The third kappa shape index (κ3) is 8.75. The van der Waals surface area contributed by atoms with Gasteiger partial charge in [0, 0.05) is 34.6 Å². The maximum absolute atomic E-state index is 14.6. The van der Waals surface area contributed by atoms with Gasteiger partial charge in [-0.25, -0.2) is 8.42 Å². The summed E-state index contributed by atoms with van der Waals surface area (Å²) in [7, 11) is -4.30. The van der Waals surface area contributed by atoms with Gasteiger partial charge < -0.3 is 10.2 Å². The number of halogens is 4. The van der Waals surface area contributed by atoms with Crippen LogP contribution in [0.1, 0.15) is 31.4 Å². The van der Waals surface area contributed by atoms with Crippen LogP contribution in [0.2, 0.25) is 20.1 Å². The number of sulfonamides is 1. The lowest BCUT2D eigenvalue weighted by molar-refractivity contribution is -0.140. The summed E-state index contributed by atoms with van der Waals surface area (Å²) in [4.78, 5) is 29.8. The van der Waals surface area contributed by atoms with E-state index >= 15 is 0 Å². The average molecular weight is 722 g/mol. The molecule has 0 saturated carbocycles. The highest BCUT2D eigenvalue weighted by Gasteiger charge is 2.35. The van der Waals surface area contributed by atoms with Gasteiger partial charge in [-0.05, 0) is 61.4 Å². The minimum absolute atomic E-state index is 0.0371. The molecular formula is C34H33Cl4N3O4S. The molecule has 1 N–H and O–H groups in total. The fourth-order valence-corrected chi connectivity index (χ4v) is 6.97. The van der Waals surface area contributed by atoms with E-state index in [1.54, 1.807) is 36.4 Å². The Bertz CT molecular complexity index is 1760. The van der Waals surface area contributed by atoms with Crippen molar-refractivity contribution < 1.29 is 18.0 Å². The van der Waals surface area contributed by atoms with Crippen LogP contribution in [-0.2, 0) is 32.6 Å². The molecule has 0 radical (unpaired) electrons. The van der Waals surface area contributed by atoms with E-state index in [9.17, 15) is 18.0 Å². The van der Waals surface area contributed by atoms with Gasteiger partial charge in [-0.15, -0.1) is 0 Å². The summed E-state index contributed by atoms with van der Waals surface area (Å²) in [5.41, 5.74) is 1.33. The zero-order chi connectivity index (χ0) is 33.4. The largest absolute Gasteiger partial charge is 0.352 e. The van der Waals surface area contributed by atoms with Gasteiger partial charge >= 0.3 is 0 Å². The Labute approximate surface area is 290 Å². The van der Waals surface area contributed by atoms with Gasteiger partial charge in [0.1, 0.15) is 12.6 Å². The number of nitrogens with zero attached hydrogens (tertiary/aromatic N) is 2. The molecule has 4 aromatic rings. The number of benzene rings is 4. The SMILES string of the molecule is CC[C@@H](C)NC(=O)[C@H](Cc1ccccc1)N(Cc1c(Cl)cccc1Cl)C(=O)CN(c1ccc(Cl)c(Cl)c1)S(=O)(=O)c1ccccc1. The van der Waals surface area contributed by atoms with E-state index in [1.165, 1.54) is 35.2 Å². The first kappa shape index (κ1) is 35.6. The first-order chi connectivity index (χ1) is 21.9. The second kappa shape index (κ2) is 16.0. The van der Waals surface area contributed by atoms with E-state index in [4.69, 9.17) is 46.4 Å². The Morgan fingerprint density at radius 2 is 1.39 bits per heavy atom. The standard InChI is InChI=1S/C34H33Cl4N3O4S/c1-3-23(2)39-34(43)32(19-24-11-6-4-7-12-24)40(21-27-28(35)15-10-16-29(27)36)33(42)22-41(25-17-18-30(37)31(38)20-25)46(44,45)26-13-8-5-9-14-26/h4-18,20,23,32H,3,19,21-22H2,1-2H3,(H,39,43)/t23-,32+/m1/s1. The molecule has 0 aliphatic rings. The van der Waals surface area contributed by atoms with Gasteiger partial charge in [0.25, 0.3) is 10.0 Å². The van der Waals surface area contributed by atoms with E-state index in [1.807, 2.05) is 44.2 Å². The summed E-state index contributed by atoms with van der Waals surface area (Å²) in [6.45, 7) is 2.97. The molecule has 0 aliphatic carbocycles. The lowest BCUT2D eigenvalue weighted by Gasteiger charge is -2.34. The van der Waals surface area contributed by atoms with E-state index in [0.29, 0.717) is 22.0 Å². The number of nitrogens with one attached hydrogen (secondary N) is 1. The van der Waals surface area contributed by atoms with Crippen LogP contribution in [0.4, 0.5) is 5.69 Å². The minimum Gasteiger partial charge on any atom is -0.352 e. The minimum atomic E-state index is -4.30. The number of hydrogen-bond acceptors (Lipinski definition) is 4. The fraction of sp³-hybridized carbons (Fsp3) is 0.235. The smallest absolute Gasteiger partial charge is 0.264 e. The number of amides is 2. The molecule has 12 heteroatoms. The molecular weight excluding hydrogens is 688 g/mol. The summed E-state index contributed by atoms with van der Waals surface area (Å²) < 4.78 is 29.1. The molecule has 0 spiro atoms. The van der Waals surface area contributed by atoms with E-state index < -0.39 is 34.4 Å². The predicted molar refractivity (Wildman–Crippen MR) is 186 cm³/mol. The molecule has 4 rings (SSSR count). The Kier molecular flexibility index (Phi) is 12.4. The molecule has 0 saturated heterocycles. The number of hydrogen-bond donors (Lipinski definition) is 1. The molecule has 0 bridgehead atoms. The first-order valence-electron chi connectivity index (χ1n) is 14.5. The summed E-state index contributed by atoms with van der Waals surface area (Å²) in [5.74, 6) is -1.07. The lowest BCUT2D eigenvalue weighted by Crippen LogP contribution is -2.54. The van der Waals surface area contributed by atoms with Crippen LogP contribution in [0, 0.1) is 0 Å². The first-order valence-corrected chi connectivity index (χ1v) is 17.5. The van der Waals surface area contributed by atoms with Crippen molar-refractivity contribution in [3.63, 3.8) is 0 Å². The average Bonchev–Trinajstić information content (AvgIpc) is 3.04. The number of carbonyl (C=O) groups is 2. The van der Waals surface area contributed by atoms with Crippen molar-refractivity contribution in [2.75, 3.05) is 10.8 Å². The third-order valence-corrected chi connectivity index (χ3v) is 10.7. The highest BCUT2D eigenvalue weighted by molar-refractivity contribution is 7.92. The molecule has 242 valence electrons. The van der Waals surface area contributed by atoms with Crippen LogP contribution in [0.3, 0.4) is 0 Å². The third-order valence-electron chi connectivity index (χ3n) is 7.46. The molecule has 0 aromatic heterocycles. The molecule has 0 heterocycles. The van der Waals surface area contributed by atoms with Crippen LogP contribution >= 0.6 is 46.4 Å². The van der Waals surface area contributed by atoms with Crippen molar-refractivity contribution in [3.8, 4) is 0 Å². The van der Waals surface area contributed by atoms with Crippen molar-refractivity contribution in [3.05, 3.63) is 128 Å². The van der Waals surface area contributed by atoms with Crippen LogP contribution in [-0.4, -0.2) is 43.8 Å². The summed E-state index contributed by atoms with van der Waals surface area (Å²) in [5, 5.41) is 3.91. The molecule has 46 heavy (non-hydrogen) atoms. The summed E-state index contributed by atoms with van der Waals surface area (Å²) in [6.07, 6.45) is 0.809. The number of rotatable bonds is 13. The predicted octanol–water partition coefficient (Wildman–Crippen LogP) is 8.05. The second-order valence-electron chi connectivity index (χ2n) is 10.7. The number of carbonyl (C=O) groups excluding carboxylic acids is 2.